The number of rotatable bonds is 6. The number of para-hydroxylation sites is 3. The standard InChI is InChI=1S/C58H42N2/c1-57(2)50-28-16-15-27-46(50)47-33-31-43(37-52(47)57)59(41-23-11-5-12-24-41)44-32-34-48-49-36-35-45(39-19-7-3-8-20-39)56-55(49)58(53(48)38-44,40-21-9-4-10-22-40)51-29-17-18-30-54(51)60(56)42-25-13-6-14-26-42/h3-38H,1-2H3. The van der Waals surface area contributed by atoms with Gasteiger partial charge >= 0.3 is 0 Å². The Morgan fingerprint density at radius 2 is 0.900 bits per heavy atom. The van der Waals surface area contributed by atoms with Crippen LogP contribution in [0.25, 0.3) is 33.4 Å². The van der Waals surface area contributed by atoms with E-state index in [-0.39, 0.29) is 5.41 Å². The van der Waals surface area contributed by atoms with Crippen LogP contribution >= 0.6 is 0 Å². The summed E-state index contributed by atoms with van der Waals surface area (Å²) in [4.78, 5) is 4.98. The third-order valence-corrected chi connectivity index (χ3v) is 13.4. The molecule has 0 saturated heterocycles. The number of fused-ring (bicyclic) bond motifs is 8. The minimum Gasteiger partial charge on any atom is -0.310 e. The summed E-state index contributed by atoms with van der Waals surface area (Å²) in [5.41, 5.74) is 21.8. The Balaban J connectivity index is 1.16. The van der Waals surface area contributed by atoms with Gasteiger partial charge in [-0.3, -0.25) is 0 Å². The van der Waals surface area contributed by atoms with Gasteiger partial charge < -0.3 is 9.80 Å². The monoisotopic (exact) mass is 766 g/mol. The Morgan fingerprint density at radius 1 is 0.383 bits per heavy atom. The molecule has 0 N–H and O–H groups in total. The lowest BCUT2D eigenvalue weighted by molar-refractivity contribution is 0.660. The molecule has 3 aliphatic rings. The minimum absolute atomic E-state index is 0.120. The predicted octanol–water partition coefficient (Wildman–Crippen LogP) is 15.3. The quantitative estimate of drug-likeness (QED) is 0.166. The molecule has 1 heterocycles. The third kappa shape index (κ3) is 4.76. The summed E-state index contributed by atoms with van der Waals surface area (Å²) in [6.07, 6.45) is 0. The van der Waals surface area contributed by atoms with Gasteiger partial charge in [-0.15, -0.1) is 0 Å². The summed E-state index contributed by atoms with van der Waals surface area (Å²) >= 11 is 0. The summed E-state index contributed by atoms with van der Waals surface area (Å²) in [7, 11) is 0. The van der Waals surface area contributed by atoms with Crippen LogP contribution in [0.15, 0.2) is 218 Å². The van der Waals surface area contributed by atoms with Crippen molar-refractivity contribution in [3.63, 3.8) is 0 Å². The van der Waals surface area contributed by atoms with E-state index in [1.54, 1.807) is 0 Å². The van der Waals surface area contributed by atoms with Crippen LogP contribution in [0.3, 0.4) is 0 Å². The van der Waals surface area contributed by atoms with Crippen LogP contribution in [0.5, 0.6) is 0 Å². The zero-order valence-corrected chi connectivity index (χ0v) is 33.7. The summed E-state index contributed by atoms with van der Waals surface area (Å²) < 4.78 is 0. The van der Waals surface area contributed by atoms with Crippen molar-refractivity contribution in [2.75, 3.05) is 9.80 Å². The third-order valence-electron chi connectivity index (χ3n) is 13.4. The van der Waals surface area contributed by atoms with E-state index in [2.05, 4.69) is 242 Å². The van der Waals surface area contributed by atoms with E-state index >= 15 is 0 Å². The molecule has 2 heteroatoms. The van der Waals surface area contributed by atoms with E-state index in [1.807, 2.05) is 0 Å². The fraction of sp³-hybridized carbons (Fsp3) is 0.0690. The maximum absolute atomic E-state index is 2.52. The lowest BCUT2D eigenvalue weighted by Gasteiger charge is -2.45. The zero-order chi connectivity index (χ0) is 40.0. The average Bonchev–Trinajstić information content (AvgIpc) is 3.74. The van der Waals surface area contributed by atoms with Crippen molar-refractivity contribution in [3.8, 4) is 33.4 Å². The van der Waals surface area contributed by atoms with Crippen LogP contribution in [0.4, 0.5) is 34.1 Å². The molecule has 2 aliphatic carbocycles. The molecule has 284 valence electrons. The minimum atomic E-state index is -0.603. The van der Waals surface area contributed by atoms with E-state index in [0.717, 1.165) is 22.7 Å². The van der Waals surface area contributed by atoms with Gasteiger partial charge in [0.2, 0.25) is 0 Å². The van der Waals surface area contributed by atoms with Crippen LogP contribution in [0, 0.1) is 0 Å². The first-order valence-corrected chi connectivity index (χ1v) is 21.0. The molecule has 1 atom stereocenters. The maximum atomic E-state index is 2.52. The number of anilines is 6. The molecule has 12 rings (SSSR count). The van der Waals surface area contributed by atoms with E-state index in [4.69, 9.17) is 0 Å². The number of benzene rings is 9. The Bertz CT molecular complexity index is 3120. The molecule has 9 aromatic carbocycles. The van der Waals surface area contributed by atoms with E-state index < -0.39 is 5.41 Å². The van der Waals surface area contributed by atoms with Crippen molar-refractivity contribution < 1.29 is 0 Å². The van der Waals surface area contributed by atoms with Crippen molar-refractivity contribution in [3.05, 3.63) is 252 Å². The number of hydrogen-bond donors (Lipinski definition) is 0. The van der Waals surface area contributed by atoms with Crippen LogP contribution in [0.1, 0.15) is 47.2 Å². The van der Waals surface area contributed by atoms with Gasteiger partial charge in [0.15, 0.2) is 0 Å². The molecular weight excluding hydrogens is 725 g/mol. The van der Waals surface area contributed by atoms with Gasteiger partial charge in [0.1, 0.15) is 0 Å². The van der Waals surface area contributed by atoms with Crippen molar-refractivity contribution in [2.45, 2.75) is 24.7 Å². The fourth-order valence-corrected chi connectivity index (χ4v) is 10.9. The highest BCUT2D eigenvalue weighted by Crippen LogP contribution is 2.67. The van der Waals surface area contributed by atoms with Gasteiger partial charge in [-0.1, -0.05) is 178 Å². The number of nitrogens with zero attached hydrogens (tertiary/aromatic N) is 2. The largest absolute Gasteiger partial charge is 0.310 e. The number of hydrogen-bond acceptors (Lipinski definition) is 2. The van der Waals surface area contributed by atoms with E-state index in [1.165, 1.54) is 78.1 Å². The second kappa shape index (κ2) is 13.0. The van der Waals surface area contributed by atoms with Gasteiger partial charge in [0.25, 0.3) is 0 Å². The Hall–Kier alpha value is -7.42. The molecule has 0 aromatic heterocycles. The van der Waals surface area contributed by atoms with Gasteiger partial charge in [-0.05, 0) is 110 Å². The van der Waals surface area contributed by atoms with E-state index in [0.29, 0.717) is 0 Å². The first kappa shape index (κ1) is 34.6. The Labute approximate surface area is 352 Å². The predicted molar refractivity (Wildman–Crippen MR) is 250 cm³/mol. The molecule has 9 aromatic rings. The lowest BCUT2D eigenvalue weighted by Crippen LogP contribution is -2.36. The smallest absolute Gasteiger partial charge is 0.0755 e. The molecule has 0 saturated carbocycles. The second-order valence-electron chi connectivity index (χ2n) is 16.9. The zero-order valence-electron chi connectivity index (χ0n) is 33.7. The molecule has 60 heavy (non-hydrogen) atoms. The molecule has 0 radical (unpaired) electrons. The highest BCUT2D eigenvalue weighted by Gasteiger charge is 2.53. The van der Waals surface area contributed by atoms with Crippen molar-refractivity contribution in [1.82, 2.24) is 0 Å². The molecule has 0 spiro atoms. The summed E-state index contributed by atoms with van der Waals surface area (Å²) in [6.45, 7) is 4.73. The normalized spacial score (nSPS) is 16.0. The van der Waals surface area contributed by atoms with Crippen LogP contribution in [-0.4, -0.2) is 0 Å². The summed E-state index contributed by atoms with van der Waals surface area (Å²) in [5, 5.41) is 0. The second-order valence-corrected chi connectivity index (χ2v) is 16.9. The van der Waals surface area contributed by atoms with Crippen LogP contribution in [-0.2, 0) is 10.8 Å². The molecule has 1 unspecified atom stereocenters. The lowest BCUT2D eigenvalue weighted by atomic mass is 9.64. The topological polar surface area (TPSA) is 6.48 Å². The molecule has 1 aliphatic heterocycles. The summed E-state index contributed by atoms with van der Waals surface area (Å²) in [5.74, 6) is 0. The average molecular weight is 767 g/mol. The Kier molecular flexibility index (Phi) is 7.52. The maximum Gasteiger partial charge on any atom is 0.0755 e. The fourth-order valence-electron chi connectivity index (χ4n) is 10.9. The van der Waals surface area contributed by atoms with Crippen molar-refractivity contribution in [2.24, 2.45) is 0 Å². The van der Waals surface area contributed by atoms with Gasteiger partial charge in [0, 0.05) is 39.3 Å². The molecule has 0 fully saturated rings. The first-order chi connectivity index (χ1) is 29.5. The molecule has 0 bridgehead atoms. The van der Waals surface area contributed by atoms with Crippen LogP contribution < -0.4 is 9.80 Å². The van der Waals surface area contributed by atoms with E-state index in [9.17, 15) is 0 Å². The van der Waals surface area contributed by atoms with Gasteiger partial charge in [-0.2, -0.15) is 0 Å². The van der Waals surface area contributed by atoms with Gasteiger partial charge in [0.05, 0.1) is 16.8 Å². The SMILES string of the molecule is CC1(C)c2ccccc2-c2ccc(N(c3ccccc3)c3ccc4c(c3)C3(c5ccccc5)c5ccccc5N(c5ccccc5)c5c(-c6ccccc6)ccc-4c53)cc21. The highest BCUT2D eigenvalue weighted by atomic mass is 15.2. The van der Waals surface area contributed by atoms with Gasteiger partial charge in [-0.25, -0.2) is 0 Å². The van der Waals surface area contributed by atoms with Crippen molar-refractivity contribution >= 4 is 34.1 Å². The highest BCUT2D eigenvalue weighted by molar-refractivity contribution is 6.05. The molecular formula is C58H42N2. The molecule has 2 nitrogen and oxygen atoms in total. The molecule has 0 amide bonds. The Morgan fingerprint density at radius 3 is 1.62 bits per heavy atom. The first-order valence-electron chi connectivity index (χ1n) is 21.0. The van der Waals surface area contributed by atoms with Crippen LogP contribution in [0.2, 0.25) is 0 Å². The summed E-state index contributed by atoms with van der Waals surface area (Å²) in [6, 6.07) is 81.0. The van der Waals surface area contributed by atoms with Crippen molar-refractivity contribution in [1.29, 1.82) is 0 Å².